The summed E-state index contributed by atoms with van der Waals surface area (Å²) < 4.78 is 99.0. The lowest BCUT2D eigenvalue weighted by Gasteiger charge is -2.15. The first-order valence-corrected chi connectivity index (χ1v) is 9.84. The van der Waals surface area contributed by atoms with Gasteiger partial charge in [-0.1, -0.05) is 6.05 Å². The first-order valence-electron chi connectivity index (χ1n) is 14.8. The first-order chi connectivity index (χ1) is 19.9. The van der Waals surface area contributed by atoms with Crippen LogP contribution >= 0.6 is 0 Å². The molecule has 0 amide bonds. The standard InChI is InChI=1S/C26H27FN4O2/c1-5-33-25-14-24-22(13-18(25)12-21(32)7-6-10-31(3)4)26(19(15-28)16-29-24)30-20-8-9-23(27)17(2)11-20/h6-9,11,13-14,16H,5,10,12H2,1-4H3,(H,29,30)/b7-6+/i3D3,6D,7D,8D,9D,10D2,11D. The van der Waals surface area contributed by atoms with Crippen molar-refractivity contribution in [2.45, 2.75) is 20.3 Å². The van der Waals surface area contributed by atoms with Crippen LogP contribution < -0.4 is 10.1 Å². The number of hydrogen-bond donors (Lipinski definition) is 1. The van der Waals surface area contributed by atoms with Crippen LogP contribution in [-0.2, 0) is 11.2 Å². The van der Waals surface area contributed by atoms with Crippen molar-refractivity contribution in [3.05, 3.63) is 71.1 Å². The van der Waals surface area contributed by atoms with E-state index in [4.69, 9.17) is 18.4 Å². The van der Waals surface area contributed by atoms with Crippen molar-refractivity contribution in [1.82, 2.24) is 9.88 Å². The number of likely N-dealkylation sites (N-methyl/N-ethyl adjacent to an activating group) is 1. The van der Waals surface area contributed by atoms with Crippen LogP contribution in [0, 0.1) is 24.1 Å². The van der Waals surface area contributed by atoms with E-state index in [-0.39, 0.29) is 56.2 Å². The maximum Gasteiger partial charge on any atom is 0.159 e. The molecule has 0 fully saturated rings. The molecule has 1 heterocycles. The van der Waals surface area contributed by atoms with Crippen LogP contribution in [0.15, 0.2) is 48.6 Å². The van der Waals surface area contributed by atoms with Gasteiger partial charge in [0.25, 0.3) is 0 Å². The Labute approximate surface area is 207 Å². The summed E-state index contributed by atoms with van der Waals surface area (Å²) in [6.07, 6.45) is 0.632. The molecule has 7 heteroatoms. The average molecular weight is 457 g/mol. The Morgan fingerprint density at radius 2 is 2.33 bits per heavy atom. The molecule has 33 heavy (non-hydrogen) atoms. The lowest BCUT2D eigenvalue weighted by Crippen LogP contribution is -2.11. The monoisotopic (exact) mass is 456 g/mol. The molecule has 0 saturated heterocycles. The fourth-order valence-corrected chi connectivity index (χ4v) is 2.98. The van der Waals surface area contributed by atoms with Gasteiger partial charge in [-0.2, -0.15) is 5.26 Å². The highest BCUT2D eigenvalue weighted by Gasteiger charge is 2.16. The lowest BCUT2D eigenvalue weighted by atomic mass is 10.0. The van der Waals surface area contributed by atoms with Crippen LogP contribution in [0.3, 0.4) is 0 Å². The molecule has 2 aromatic carbocycles. The summed E-state index contributed by atoms with van der Waals surface area (Å²) in [6.45, 7) is -2.82. The highest BCUT2D eigenvalue weighted by Crippen LogP contribution is 2.34. The third-order valence-electron chi connectivity index (χ3n) is 4.44. The molecule has 0 aliphatic heterocycles. The van der Waals surface area contributed by atoms with Gasteiger partial charge in [0, 0.05) is 48.7 Å². The zero-order valence-electron chi connectivity index (χ0n) is 28.2. The molecular weight excluding hydrogens is 419 g/mol. The molecule has 0 aliphatic carbocycles. The number of allylic oxidation sites excluding steroid dienone is 1. The number of nitrogens with zero attached hydrogens (tertiary/aromatic N) is 3. The van der Waals surface area contributed by atoms with E-state index in [1.807, 2.05) is 6.07 Å². The van der Waals surface area contributed by atoms with Gasteiger partial charge in [-0.05, 0) is 63.7 Å². The number of rotatable bonds is 9. The molecule has 0 spiro atoms. The second-order valence-corrected chi connectivity index (χ2v) is 6.90. The van der Waals surface area contributed by atoms with Crippen LogP contribution in [0.1, 0.15) is 37.3 Å². The zero-order chi connectivity index (χ0) is 32.6. The number of nitriles is 1. The second-order valence-electron chi connectivity index (χ2n) is 6.90. The molecule has 3 rings (SSSR count). The Bertz CT molecular complexity index is 1660. The molecular formula is C26H27FN4O2. The summed E-state index contributed by atoms with van der Waals surface area (Å²) >= 11 is 0. The number of benzene rings is 2. The van der Waals surface area contributed by atoms with Crippen LogP contribution in [-0.4, -0.2) is 42.8 Å². The van der Waals surface area contributed by atoms with E-state index in [1.165, 1.54) is 25.3 Å². The smallest absolute Gasteiger partial charge is 0.159 e. The summed E-state index contributed by atoms with van der Waals surface area (Å²) in [6, 6.07) is 0.794. The quantitative estimate of drug-likeness (QED) is 0.460. The van der Waals surface area contributed by atoms with Gasteiger partial charge in [0.2, 0.25) is 0 Å². The fourth-order valence-electron chi connectivity index (χ4n) is 2.98. The first kappa shape index (κ1) is 13.7. The van der Waals surface area contributed by atoms with Crippen molar-refractivity contribution in [3.8, 4) is 11.8 Å². The van der Waals surface area contributed by atoms with Gasteiger partial charge in [-0.3, -0.25) is 9.78 Å². The van der Waals surface area contributed by atoms with Crippen molar-refractivity contribution in [1.29, 1.82) is 5.26 Å². The highest BCUT2D eigenvalue weighted by atomic mass is 19.1. The van der Waals surface area contributed by atoms with Crippen molar-refractivity contribution in [2.24, 2.45) is 0 Å². The molecule has 0 bridgehead atoms. The van der Waals surface area contributed by atoms with Gasteiger partial charge >= 0.3 is 0 Å². The van der Waals surface area contributed by atoms with Crippen molar-refractivity contribution in [2.75, 3.05) is 32.4 Å². The molecule has 0 atom stereocenters. The third-order valence-corrected chi connectivity index (χ3v) is 4.44. The minimum Gasteiger partial charge on any atom is -0.494 e. The van der Waals surface area contributed by atoms with E-state index in [2.05, 4.69) is 10.3 Å². The maximum atomic E-state index is 14.3. The Kier molecular flexibility index (Phi) is 4.45. The minimum absolute atomic E-state index is 0.0371. The largest absolute Gasteiger partial charge is 0.494 e. The number of pyridine rings is 1. The predicted octanol–water partition coefficient (Wildman–Crippen LogP) is 4.93. The van der Waals surface area contributed by atoms with Crippen LogP contribution in [0.2, 0.25) is 0 Å². The van der Waals surface area contributed by atoms with Crippen molar-refractivity contribution >= 4 is 28.1 Å². The van der Waals surface area contributed by atoms with E-state index in [1.54, 1.807) is 6.92 Å². The van der Waals surface area contributed by atoms with Gasteiger partial charge in [0.05, 0.1) is 30.2 Å². The number of halogens is 1. The molecule has 0 aliphatic rings. The number of ether oxygens (including phenoxy) is 1. The van der Waals surface area contributed by atoms with Crippen LogP contribution in [0.25, 0.3) is 10.9 Å². The van der Waals surface area contributed by atoms with Gasteiger partial charge in [-0.25, -0.2) is 4.39 Å². The van der Waals surface area contributed by atoms with Gasteiger partial charge < -0.3 is 15.0 Å². The van der Waals surface area contributed by atoms with E-state index in [0.717, 1.165) is 7.05 Å². The van der Waals surface area contributed by atoms with Gasteiger partial charge in [-0.15, -0.1) is 0 Å². The molecule has 1 aromatic heterocycles. The molecule has 3 aromatic rings. The normalized spacial score (nSPS) is 17.0. The Morgan fingerprint density at radius 3 is 3.06 bits per heavy atom. The number of aromatic nitrogens is 1. The summed E-state index contributed by atoms with van der Waals surface area (Å²) in [4.78, 5) is 17.6. The van der Waals surface area contributed by atoms with Gasteiger partial charge in [0.1, 0.15) is 17.6 Å². The van der Waals surface area contributed by atoms with Gasteiger partial charge in [0.15, 0.2) is 5.78 Å². The molecule has 6 nitrogen and oxygen atoms in total. The highest BCUT2D eigenvalue weighted by molar-refractivity contribution is 5.98. The fraction of sp³-hybridized carbons (Fsp3) is 0.269. The Hall–Kier alpha value is -3.76. The zero-order valence-corrected chi connectivity index (χ0v) is 18.2. The lowest BCUT2D eigenvalue weighted by molar-refractivity contribution is -0.114. The summed E-state index contributed by atoms with van der Waals surface area (Å²) in [5, 5.41) is 12.8. The summed E-state index contributed by atoms with van der Waals surface area (Å²) in [5.41, 5.74) is -0.0323. The average Bonchev–Trinajstić information content (AvgIpc) is 2.95. The number of anilines is 2. The molecule has 0 saturated carbocycles. The number of hydrogen-bond acceptors (Lipinski definition) is 6. The van der Waals surface area contributed by atoms with Crippen LogP contribution in [0.5, 0.6) is 5.75 Å². The van der Waals surface area contributed by atoms with Crippen molar-refractivity contribution < 1.29 is 27.6 Å². The Morgan fingerprint density at radius 1 is 1.52 bits per heavy atom. The SMILES string of the molecule is [2H]/C(C(=O)Cc1cc2c(Nc3c([2H])c([2H])c(F)c(C)c3[2H])c(C#N)cnc2cc1OCC)=C(/[2H])C([2H])([2H])N(C)C([2H])([2H])[2H]. The molecule has 1 N–H and O–H groups in total. The van der Waals surface area contributed by atoms with Crippen molar-refractivity contribution in [3.63, 3.8) is 0 Å². The van der Waals surface area contributed by atoms with Crippen LogP contribution in [0.4, 0.5) is 15.8 Å². The number of nitrogens with one attached hydrogen (secondary N) is 1. The van der Waals surface area contributed by atoms with E-state index >= 15 is 0 Å². The number of carbonyl (C=O) groups is 1. The number of ketones is 1. The molecule has 170 valence electrons. The second kappa shape index (κ2) is 10.7. The summed E-state index contributed by atoms with van der Waals surface area (Å²) in [5.74, 6) is -1.89. The number of carbonyl (C=O) groups excluding carboxylic acids is 1. The minimum atomic E-state index is -2.97. The third kappa shape index (κ3) is 5.93. The Balaban J connectivity index is 2.20. The predicted molar refractivity (Wildman–Crippen MR) is 128 cm³/mol. The van der Waals surface area contributed by atoms with E-state index in [0.29, 0.717) is 0 Å². The number of fused-ring (bicyclic) bond motifs is 1. The molecule has 0 radical (unpaired) electrons. The topological polar surface area (TPSA) is 78.2 Å². The van der Waals surface area contributed by atoms with E-state index < -0.39 is 61.7 Å². The maximum absolute atomic E-state index is 14.3. The molecule has 0 unspecified atom stereocenters. The summed E-state index contributed by atoms with van der Waals surface area (Å²) in [7, 11) is 0.904. The van der Waals surface area contributed by atoms with E-state index in [9.17, 15) is 14.4 Å².